The summed E-state index contributed by atoms with van der Waals surface area (Å²) in [4.78, 5) is 11.1. The van der Waals surface area contributed by atoms with E-state index in [-0.39, 0.29) is 5.82 Å². The molecule has 25 heavy (non-hydrogen) atoms. The van der Waals surface area contributed by atoms with Crippen molar-refractivity contribution >= 4 is 53.4 Å². The normalized spacial score (nSPS) is 10.9. The lowest BCUT2D eigenvalue weighted by atomic mass is 10.3. The topological polar surface area (TPSA) is 38.2 Å². The largest absolute Gasteiger partial charge is 0.497 e. The fraction of sp³-hybridized carbons (Fsp3) is 0.111. The molecule has 0 N–H and O–H groups in total. The first kappa shape index (κ1) is 15.8. The lowest BCUT2D eigenvalue weighted by Crippen LogP contribution is -2.16. The van der Waals surface area contributed by atoms with E-state index in [4.69, 9.17) is 11.2 Å². The molecule has 0 atom stereocenters. The van der Waals surface area contributed by atoms with Crippen LogP contribution < -0.4 is 9.64 Å². The molecule has 0 saturated carbocycles. The molecule has 0 radical (unpaired) electrons. The number of aromatic nitrogens is 2. The van der Waals surface area contributed by atoms with Crippen molar-refractivity contribution in [1.82, 2.24) is 9.97 Å². The minimum absolute atomic E-state index is 0.279. The molecule has 2 heterocycles. The van der Waals surface area contributed by atoms with Gasteiger partial charge in [-0.05, 0) is 36.4 Å². The van der Waals surface area contributed by atoms with Crippen molar-refractivity contribution in [1.29, 1.82) is 0 Å². The van der Waals surface area contributed by atoms with Crippen LogP contribution >= 0.6 is 22.7 Å². The number of hydrogen-bond donors (Lipinski definition) is 0. The second-order valence-electron chi connectivity index (χ2n) is 5.23. The van der Waals surface area contributed by atoms with Crippen molar-refractivity contribution in [3.05, 3.63) is 42.2 Å². The molecule has 0 aliphatic carbocycles. The van der Waals surface area contributed by atoms with Crippen LogP contribution in [0.5, 0.6) is 5.75 Å². The molecule has 4 aromatic rings. The van der Waals surface area contributed by atoms with Crippen LogP contribution in [0.3, 0.4) is 0 Å². The van der Waals surface area contributed by atoms with Crippen molar-refractivity contribution < 1.29 is 9.13 Å². The van der Waals surface area contributed by atoms with Gasteiger partial charge in [0.15, 0.2) is 10.3 Å². The molecule has 124 valence electrons. The van der Waals surface area contributed by atoms with Crippen molar-refractivity contribution in [3.63, 3.8) is 0 Å². The van der Waals surface area contributed by atoms with Gasteiger partial charge in [0, 0.05) is 0 Å². The van der Waals surface area contributed by atoms with Crippen LogP contribution in [0.15, 0.2) is 36.4 Å². The molecule has 0 unspecified atom stereocenters. The molecular formula is C18H12FN3OS2. The molecule has 4 rings (SSSR count). The van der Waals surface area contributed by atoms with Crippen LogP contribution in [0.25, 0.3) is 20.4 Å². The number of hydrogen-bond acceptors (Lipinski definition) is 6. The Labute approximate surface area is 151 Å². The zero-order chi connectivity index (χ0) is 17.4. The van der Waals surface area contributed by atoms with Gasteiger partial charge in [-0.3, -0.25) is 4.90 Å². The number of terminal acetylenes is 1. The van der Waals surface area contributed by atoms with E-state index >= 15 is 0 Å². The Morgan fingerprint density at radius 2 is 1.72 bits per heavy atom. The van der Waals surface area contributed by atoms with Gasteiger partial charge in [0.2, 0.25) is 0 Å². The predicted molar refractivity (Wildman–Crippen MR) is 102 cm³/mol. The number of anilines is 2. The summed E-state index contributed by atoms with van der Waals surface area (Å²) >= 11 is 2.91. The van der Waals surface area contributed by atoms with E-state index in [2.05, 4.69) is 15.9 Å². The number of benzene rings is 2. The third kappa shape index (κ3) is 2.90. The average molecular weight is 369 g/mol. The zero-order valence-electron chi connectivity index (χ0n) is 13.2. The second-order valence-corrected chi connectivity index (χ2v) is 7.25. The zero-order valence-corrected chi connectivity index (χ0v) is 14.8. The molecule has 4 nitrogen and oxygen atoms in total. The number of thiazole rings is 2. The number of nitrogens with zero attached hydrogens (tertiary/aromatic N) is 3. The van der Waals surface area contributed by atoms with E-state index in [1.807, 2.05) is 23.1 Å². The molecule has 0 amide bonds. The molecular weight excluding hydrogens is 357 g/mol. The Hall–Kier alpha value is -2.69. The Balaban J connectivity index is 1.81. The molecule has 0 aliphatic rings. The number of rotatable bonds is 4. The highest BCUT2D eigenvalue weighted by molar-refractivity contribution is 7.24. The minimum atomic E-state index is -0.279. The van der Waals surface area contributed by atoms with Gasteiger partial charge in [0.25, 0.3) is 0 Å². The second kappa shape index (κ2) is 6.31. The molecule has 0 bridgehead atoms. The SMILES string of the molecule is C#CCN(c1nc2ccc(F)cc2s1)c1nc2ccc(OC)cc2s1. The summed E-state index contributed by atoms with van der Waals surface area (Å²) in [6.45, 7) is 0.333. The maximum atomic E-state index is 13.4. The first-order valence-electron chi connectivity index (χ1n) is 7.39. The fourth-order valence-corrected chi connectivity index (χ4v) is 4.49. The predicted octanol–water partition coefficient (Wildman–Crippen LogP) is 4.83. The van der Waals surface area contributed by atoms with Gasteiger partial charge in [0.05, 0.1) is 34.1 Å². The van der Waals surface area contributed by atoms with Gasteiger partial charge in [-0.25, -0.2) is 14.4 Å². The van der Waals surface area contributed by atoms with E-state index in [1.165, 1.54) is 34.8 Å². The minimum Gasteiger partial charge on any atom is -0.497 e. The summed E-state index contributed by atoms with van der Waals surface area (Å²) in [6.07, 6.45) is 5.54. The smallest absolute Gasteiger partial charge is 0.193 e. The van der Waals surface area contributed by atoms with E-state index in [9.17, 15) is 4.39 Å². The van der Waals surface area contributed by atoms with Crippen LogP contribution in [0, 0.1) is 18.2 Å². The number of halogens is 1. The Bertz CT molecular complexity index is 1110. The Morgan fingerprint density at radius 1 is 1.08 bits per heavy atom. The van der Waals surface area contributed by atoms with Crippen LogP contribution in [-0.2, 0) is 0 Å². The Kier molecular flexibility index (Phi) is 3.99. The highest BCUT2D eigenvalue weighted by atomic mass is 32.1. The third-order valence-corrected chi connectivity index (χ3v) is 5.72. The molecule has 2 aromatic heterocycles. The molecule has 0 fully saturated rings. The van der Waals surface area contributed by atoms with Gasteiger partial charge >= 0.3 is 0 Å². The van der Waals surface area contributed by atoms with Crippen molar-refractivity contribution in [2.45, 2.75) is 0 Å². The summed E-state index contributed by atoms with van der Waals surface area (Å²) in [5, 5.41) is 1.45. The van der Waals surface area contributed by atoms with E-state index in [1.54, 1.807) is 13.2 Å². The van der Waals surface area contributed by atoms with Gasteiger partial charge < -0.3 is 4.74 Å². The molecule has 2 aromatic carbocycles. The van der Waals surface area contributed by atoms with Gasteiger partial charge in [0.1, 0.15) is 11.6 Å². The first-order chi connectivity index (χ1) is 12.2. The summed E-state index contributed by atoms with van der Waals surface area (Å²) < 4.78 is 20.5. The van der Waals surface area contributed by atoms with E-state index in [0.29, 0.717) is 11.7 Å². The quantitative estimate of drug-likeness (QED) is 0.483. The summed E-state index contributed by atoms with van der Waals surface area (Å²) in [5.41, 5.74) is 1.61. The first-order valence-corrected chi connectivity index (χ1v) is 9.03. The Morgan fingerprint density at radius 3 is 2.36 bits per heavy atom. The maximum Gasteiger partial charge on any atom is 0.193 e. The van der Waals surface area contributed by atoms with Gasteiger partial charge in [-0.1, -0.05) is 28.6 Å². The lowest BCUT2D eigenvalue weighted by molar-refractivity contribution is 0.415. The number of fused-ring (bicyclic) bond motifs is 2. The standard InChI is InChI=1S/C18H12FN3OS2/c1-3-8-22(17-20-13-6-4-11(19)9-15(13)24-17)18-21-14-7-5-12(23-2)10-16(14)25-18/h1,4-7,9-10H,8H2,2H3. The number of methoxy groups -OCH3 is 1. The maximum absolute atomic E-state index is 13.4. The monoisotopic (exact) mass is 369 g/mol. The molecule has 7 heteroatoms. The van der Waals surface area contributed by atoms with Crippen LogP contribution in [0.2, 0.25) is 0 Å². The summed E-state index contributed by atoms with van der Waals surface area (Å²) in [7, 11) is 1.63. The molecule has 0 aliphatic heterocycles. The average Bonchev–Trinajstić information content (AvgIpc) is 3.21. The highest BCUT2D eigenvalue weighted by Gasteiger charge is 2.18. The van der Waals surface area contributed by atoms with E-state index in [0.717, 1.165) is 31.3 Å². The summed E-state index contributed by atoms with van der Waals surface area (Å²) in [5.74, 6) is 3.15. The van der Waals surface area contributed by atoms with Gasteiger partial charge in [-0.2, -0.15) is 0 Å². The van der Waals surface area contributed by atoms with E-state index < -0.39 is 0 Å². The highest BCUT2D eigenvalue weighted by Crippen LogP contribution is 2.38. The molecule has 0 saturated heterocycles. The molecule has 0 spiro atoms. The number of ether oxygens (including phenoxy) is 1. The fourth-order valence-electron chi connectivity index (χ4n) is 2.45. The van der Waals surface area contributed by atoms with Gasteiger partial charge in [-0.15, -0.1) is 6.42 Å². The lowest BCUT2D eigenvalue weighted by Gasteiger charge is -2.14. The van der Waals surface area contributed by atoms with Crippen molar-refractivity contribution in [2.75, 3.05) is 18.6 Å². The van der Waals surface area contributed by atoms with Crippen LogP contribution in [0.1, 0.15) is 0 Å². The van der Waals surface area contributed by atoms with Crippen LogP contribution in [-0.4, -0.2) is 23.6 Å². The van der Waals surface area contributed by atoms with Crippen molar-refractivity contribution in [2.24, 2.45) is 0 Å². The van der Waals surface area contributed by atoms with Crippen LogP contribution in [0.4, 0.5) is 14.7 Å². The third-order valence-electron chi connectivity index (χ3n) is 3.63. The summed E-state index contributed by atoms with van der Waals surface area (Å²) in [6, 6.07) is 10.3. The van der Waals surface area contributed by atoms with Crippen molar-refractivity contribution in [3.8, 4) is 18.1 Å².